The largest absolute Gasteiger partial charge is 0.497 e. The van der Waals surface area contributed by atoms with E-state index in [1.54, 1.807) is 48.5 Å². The normalized spacial score (nSPS) is 19.0. The quantitative estimate of drug-likeness (QED) is 0.567. The van der Waals surface area contributed by atoms with Gasteiger partial charge in [0.25, 0.3) is 0 Å². The third-order valence-corrected chi connectivity index (χ3v) is 7.56. The average Bonchev–Trinajstić information content (AvgIpc) is 2.84. The van der Waals surface area contributed by atoms with Crippen molar-refractivity contribution in [3.05, 3.63) is 107 Å². The zero-order chi connectivity index (χ0) is 23.6. The number of carboxylic acids is 1. The van der Waals surface area contributed by atoms with Gasteiger partial charge < -0.3 is 9.84 Å². The molecule has 2 atom stereocenters. The molecule has 0 fully saturated rings. The average molecular weight is 468 g/mol. The summed E-state index contributed by atoms with van der Waals surface area (Å²) in [6, 6.07) is 18.3. The summed E-state index contributed by atoms with van der Waals surface area (Å²) >= 11 is 0. The molecule has 1 N–H and O–H groups in total. The minimum Gasteiger partial charge on any atom is -0.497 e. The Bertz CT molecular complexity index is 1270. The van der Waals surface area contributed by atoms with Crippen LogP contribution in [-0.4, -0.2) is 30.9 Å². The van der Waals surface area contributed by atoms with Gasteiger partial charge >= 0.3 is 5.97 Å². The number of benzene rings is 3. The smallest absolute Gasteiger partial charge is 0.333 e. The second-order valence-electron chi connectivity index (χ2n) is 7.59. The van der Waals surface area contributed by atoms with Crippen LogP contribution in [0.4, 0.5) is 4.39 Å². The van der Waals surface area contributed by atoms with Gasteiger partial charge in [0.2, 0.25) is 10.0 Å². The fraction of sp³-hybridized carbons (Fsp3) is 0.160. The summed E-state index contributed by atoms with van der Waals surface area (Å²) in [6.07, 6.45) is 1.71. The lowest BCUT2D eigenvalue weighted by Gasteiger charge is -2.40. The molecule has 0 radical (unpaired) electrons. The molecule has 0 unspecified atom stereocenters. The predicted molar refractivity (Wildman–Crippen MR) is 121 cm³/mol. The first kappa shape index (κ1) is 22.7. The van der Waals surface area contributed by atoms with Crippen molar-refractivity contribution in [2.24, 2.45) is 0 Å². The third-order valence-electron chi connectivity index (χ3n) is 5.67. The Kier molecular flexibility index (Phi) is 6.31. The highest BCUT2D eigenvalue weighted by molar-refractivity contribution is 7.89. The van der Waals surface area contributed by atoms with Gasteiger partial charge in [-0.3, -0.25) is 0 Å². The van der Waals surface area contributed by atoms with Gasteiger partial charge in [-0.15, -0.1) is 0 Å². The zero-order valence-corrected chi connectivity index (χ0v) is 18.6. The molecule has 0 bridgehead atoms. The standard InChI is InChI=1S/C25H22FNO5S/c1-32-20-13-9-17(10-14-20)23-16-15-22(25(28)29)24(18-7-11-19(26)12-8-18)27(23)33(30,31)21-5-3-2-4-6-21/h2-15,23-24H,16H2,1H3,(H,28,29)/t23-,24-/m0/s1. The number of halogens is 1. The number of carboxylic acid groups (broad SMARTS) is 1. The topological polar surface area (TPSA) is 83.9 Å². The molecule has 4 rings (SSSR count). The Hall–Kier alpha value is -3.49. The summed E-state index contributed by atoms with van der Waals surface area (Å²) in [6.45, 7) is 0. The maximum absolute atomic E-state index is 13.9. The molecule has 0 aliphatic carbocycles. The molecule has 8 heteroatoms. The number of aliphatic carboxylic acids is 1. The lowest BCUT2D eigenvalue weighted by atomic mass is 9.89. The van der Waals surface area contributed by atoms with Crippen molar-refractivity contribution in [3.8, 4) is 5.75 Å². The second-order valence-corrected chi connectivity index (χ2v) is 9.43. The van der Waals surface area contributed by atoms with Crippen molar-refractivity contribution in [3.63, 3.8) is 0 Å². The zero-order valence-electron chi connectivity index (χ0n) is 17.8. The van der Waals surface area contributed by atoms with Crippen LogP contribution in [-0.2, 0) is 14.8 Å². The monoisotopic (exact) mass is 467 g/mol. The van der Waals surface area contributed by atoms with Crippen LogP contribution < -0.4 is 4.74 Å². The van der Waals surface area contributed by atoms with Crippen LogP contribution in [0.3, 0.4) is 0 Å². The van der Waals surface area contributed by atoms with E-state index in [0.717, 1.165) is 0 Å². The first-order chi connectivity index (χ1) is 15.8. The molecule has 6 nitrogen and oxygen atoms in total. The maximum Gasteiger partial charge on any atom is 0.333 e. The molecule has 0 aromatic heterocycles. The van der Waals surface area contributed by atoms with Gasteiger partial charge in [-0.2, -0.15) is 4.31 Å². The van der Waals surface area contributed by atoms with Gasteiger partial charge in [-0.25, -0.2) is 17.6 Å². The second kappa shape index (κ2) is 9.17. The lowest BCUT2D eigenvalue weighted by Crippen LogP contribution is -2.42. The van der Waals surface area contributed by atoms with Gasteiger partial charge in [0.1, 0.15) is 11.6 Å². The van der Waals surface area contributed by atoms with Crippen molar-refractivity contribution in [1.82, 2.24) is 4.31 Å². The van der Waals surface area contributed by atoms with Crippen molar-refractivity contribution < 1.29 is 27.4 Å². The fourth-order valence-electron chi connectivity index (χ4n) is 4.08. The van der Waals surface area contributed by atoms with E-state index in [1.165, 1.54) is 47.8 Å². The minimum atomic E-state index is -4.14. The Morgan fingerprint density at radius 3 is 2.15 bits per heavy atom. The van der Waals surface area contributed by atoms with Gasteiger partial charge in [-0.05, 0) is 53.9 Å². The molecule has 1 aliphatic heterocycles. The molecule has 1 aliphatic rings. The SMILES string of the molecule is COc1ccc([C@@H]2CC=C(C(=O)O)[C@H](c3ccc(F)cc3)N2S(=O)(=O)c2ccccc2)cc1. The van der Waals surface area contributed by atoms with Gasteiger partial charge in [-0.1, -0.05) is 48.5 Å². The van der Waals surface area contributed by atoms with Crippen LogP contribution in [0.15, 0.2) is 95.4 Å². The van der Waals surface area contributed by atoms with Gasteiger partial charge in [0.05, 0.1) is 29.7 Å². The van der Waals surface area contributed by atoms with Gasteiger partial charge in [0, 0.05) is 0 Å². The summed E-state index contributed by atoms with van der Waals surface area (Å²) in [5.41, 5.74) is 0.969. The van der Waals surface area contributed by atoms with Gasteiger partial charge in [0.15, 0.2) is 0 Å². The minimum absolute atomic E-state index is 0.0438. The lowest BCUT2D eigenvalue weighted by molar-refractivity contribution is -0.133. The van der Waals surface area contributed by atoms with E-state index < -0.39 is 33.9 Å². The molecule has 3 aromatic rings. The number of hydrogen-bond acceptors (Lipinski definition) is 4. The Balaban J connectivity index is 1.94. The molecular weight excluding hydrogens is 445 g/mol. The molecule has 0 saturated heterocycles. The van der Waals surface area contributed by atoms with Crippen LogP contribution in [0, 0.1) is 5.82 Å². The van der Waals surface area contributed by atoms with Crippen LogP contribution in [0.25, 0.3) is 0 Å². The van der Waals surface area contributed by atoms with E-state index in [0.29, 0.717) is 16.9 Å². The fourth-order valence-corrected chi connectivity index (χ4v) is 5.88. The molecule has 1 heterocycles. The summed E-state index contributed by atoms with van der Waals surface area (Å²) in [5, 5.41) is 9.92. The number of nitrogens with zero attached hydrogens (tertiary/aromatic N) is 1. The van der Waals surface area contributed by atoms with Crippen LogP contribution in [0.2, 0.25) is 0 Å². The maximum atomic E-state index is 13.9. The Labute approximate surface area is 191 Å². The van der Waals surface area contributed by atoms with E-state index in [-0.39, 0.29) is 16.9 Å². The molecule has 3 aromatic carbocycles. The first-order valence-corrected chi connectivity index (χ1v) is 11.7. The van der Waals surface area contributed by atoms with Crippen molar-refractivity contribution in [2.45, 2.75) is 23.4 Å². The molecule has 33 heavy (non-hydrogen) atoms. The van der Waals surface area contributed by atoms with Crippen LogP contribution in [0.1, 0.15) is 29.6 Å². The Morgan fingerprint density at radius 1 is 0.970 bits per heavy atom. The Morgan fingerprint density at radius 2 is 1.58 bits per heavy atom. The predicted octanol–water partition coefficient (Wildman–Crippen LogP) is 4.72. The highest BCUT2D eigenvalue weighted by Crippen LogP contribution is 2.45. The van der Waals surface area contributed by atoms with E-state index in [4.69, 9.17) is 4.74 Å². The summed E-state index contributed by atoms with van der Waals surface area (Å²) in [4.78, 5) is 12.2. The van der Waals surface area contributed by atoms with Crippen molar-refractivity contribution in [1.29, 1.82) is 0 Å². The highest BCUT2D eigenvalue weighted by atomic mass is 32.2. The third kappa shape index (κ3) is 4.40. The van der Waals surface area contributed by atoms with E-state index in [1.807, 2.05) is 0 Å². The highest BCUT2D eigenvalue weighted by Gasteiger charge is 2.44. The number of ether oxygens (including phenoxy) is 1. The van der Waals surface area contributed by atoms with E-state index in [9.17, 15) is 22.7 Å². The van der Waals surface area contributed by atoms with Crippen LogP contribution in [0.5, 0.6) is 5.75 Å². The first-order valence-electron chi connectivity index (χ1n) is 10.2. The van der Waals surface area contributed by atoms with Crippen LogP contribution >= 0.6 is 0 Å². The van der Waals surface area contributed by atoms with E-state index in [2.05, 4.69) is 0 Å². The molecule has 0 spiro atoms. The van der Waals surface area contributed by atoms with Crippen molar-refractivity contribution >= 4 is 16.0 Å². The number of rotatable bonds is 6. The number of sulfonamides is 1. The van der Waals surface area contributed by atoms with Crippen molar-refractivity contribution in [2.75, 3.05) is 7.11 Å². The molecular formula is C25H22FNO5S. The molecule has 0 saturated carbocycles. The van der Waals surface area contributed by atoms with E-state index >= 15 is 0 Å². The summed E-state index contributed by atoms with van der Waals surface area (Å²) in [7, 11) is -2.61. The number of methoxy groups -OCH3 is 1. The number of carbonyl (C=O) groups is 1. The number of hydrogen-bond donors (Lipinski definition) is 1. The summed E-state index contributed by atoms with van der Waals surface area (Å²) in [5.74, 6) is -1.12. The molecule has 170 valence electrons. The summed E-state index contributed by atoms with van der Waals surface area (Å²) < 4.78 is 47.9. The molecule has 0 amide bonds.